The SMILES string of the molecule is Cc1ccc(C)c(OCCCCC(=O)N(C)C(C)CC#N)c1. The fraction of sp³-hybridized carbons (Fsp3) is 0.556. The molecule has 1 amide bonds. The number of carbonyl (C=O) groups is 1. The Morgan fingerprint density at radius 1 is 1.36 bits per heavy atom. The third-order valence-electron chi connectivity index (χ3n) is 3.83. The Labute approximate surface area is 133 Å². The van der Waals surface area contributed by atoms with Gasteiger partial charge in [0.05, 0.1) is 19.1 Å². The number of benzene rings is 1. The smallest absolute Gasteiger partial charge is 0.222 e. The van der Waals surface area contributed by atoms with Crippen LogP contribution in [-0.2, 0) is 4.79 Å². The van der Waals surface area contributed by atoms with E-state index >= 15 is 0 Å². The Balaban J connectivity index is 2.27. The summed E-state index contributed by atoms with van der Waals surface area (Å²) >= 11 is 0. The summed E-state index contributed by atoms with van der Waals surface area (Å²) in [5, 5.41) is 8.66. The molecular weight excluding hydrogens is 276 g/mol. The van der Waals surface area contributed by atoms with Gasteiger partial charge in [-0.2, -0.15) is 5.26 Å². The van der Waals surface area contributed by atoms with Crippen LogP contribution >= 0.6 is 0 Å². The van der Waals surface area contributed by atoms with Crippen molar-refractivity contribution in [1.82, 2.24) is 4.90 Å². The summed E-state index contributed by atoms with van der Waals surface area (Å²) in [6.45, 7) is 6.59. The molecule has 0 aliphatic carbocycles. The van der Waals surface area contributed by atoms with E-state index < -0.39 is 0 Å². The van der Waals surface area contributed by atoms with E-state index in [-0.39, 0.29) is 11.9 Å². The molecule has 0 aliphatic heterocycles. The van der Waals surface area contributed by atoms with E-state index in [0.717, 1.165) is 24.2 Å². The standard InChI is InChI=1S/C18H26N2O2/c1-14-8-9-15(2)17(13-14)22-12-6-5-7-18(21)20(4)16(3)10-11-19/h8-9,13,16H,5-7,10,12H2,1-4H3. The summed E-state index contributed by atoms with van der Waals surface area (Å²) in [4.78, 5) is 13.6. The van der Waals surface area contributed by atoms with Crippen molar-refractivity contribution in [2.45, 2.75) is 52.5 Å². The number of amides is 1. The summed E-state index contributed by atoms with van der Waals surface area (Å²) in [6.07, 6.45) is 2.52. The topological polar surface area (TPSA) is 53.3 Å². The highest BCUT2D eigenvalue weighted by atomic mass is 16.5. The van der Waals surface area contributed by atoms with Crippen LogP contribution in [0.1, 0.15) is 43.7 Å². The minimum absolute atomic E-state index is 0.0244. The maximum atomic E-state index is 12.0. The lowest BCUT2D eigenvalue weighted by atomic mass is 10.1. The molecule has 0 saturated heterocycles. The molecule has 0 aliphatic rings. The Morgan fingerprint density at radius 3 is 2.77 bits per heavy atom. The predicted molar refractivity (Wildman–Crippen MR) is 87.7 cm³/mol. The van der Waals surface area contributed by atoms with Gasteiger partial charge >= 0.3 is 0 Å². The average molecular weight is 302 g/mol. The molecule has 22 heavy (non-hydrogen) atoms. The largest absolute Gasteiger partial charge is 0.493 e. The maximum Gasteiger partial charge on any atom is 0.222 e. The van der Waals surface area contributed by atoms with Crippen molar-refractivity contribution in [2.24, 2.45) is 0 Å². The van der Waals surface area contributed by atoms with E-state index in [9.17, 15) is 4.79 Å². The van der Waals surface area contributed by atoms with E-state index in [0.29, 0.717) is 19.4 Å². The van der Waals surface area contributed by atoms with Crippen LogP contribution in [0, 0.1) is 25.2 Å². The number of carbonyl (C=O) groups excluding carboxylic acids is 1. The zero-order chi connectivity index (χ0) is 16.5. The first kappa shape index (κ1) is 18.0. The molecule has 1 atom stereocenters. The van der Waals surface area contributed by atoms with Crippen LogP contribution in [0.5, 0.6) is 5.75 Å². The van der Waals surface area contributed by atoms with Crippen molar-refractivity contribution in [3.8, 4) is 11.8 Å². The monoisotopic (exact) mass is 302 g/mol. The van der Waals surface area contributed by atoms with Gasteiger partial charge in [0, 0.05) is 19.5 Å². The first-order chi connectivity index (χ1) is 10.5. The van der Waals surface area contributed by atoms with Gasteiger partial charge in [0.2, 0.25) is 5.91 Å². The second kappa shape index (κ2) is 9.09. The van der Waals surface area contributed by atoms with Gasteiger partial charge in [-0.25, -0.2) is 0 Å². The highest BCUT2D eigenvalue weighted by molar-refractivity contribution is 5.76. The van der Waals surface area contributed by atoms with Crippen molar-refractivity contribution in [3.63, 3.8) is 0 Å². The van der Waals surface area contributed by atoms with E-state index in [2.05, 4.69) is 18.2 Å². The number of unbranched alkanes of at least 4 members (excludes halogenated alkanes) is 1. The van der Waals surface area contributed by atoms with Gasteiger partial charge in [-0.15, -0.1) is 0 Å². The summed E-state index contributed by atoms with van der Waals surface area (Å²) in [6, 6.07) is 8.23. The number of rotatable bonds is 8. The van der Waals surface area contributed by atoms with Gasteiger partial charge in [-0.1, -0.05) is 12.1 Å². The molecule has 0 fully saturated rings. The third kappa shape index (κ3) is 5.77. The lowest BCUT2D eigenvalue weighted by molar-refractivity contribution is -0.131. The van der Waals surface area contributed by atoms with Crippen LogP contribution in [0.2, 0.25) is 0 Å². The number of aryl methyl sites for hydroxylation is 2. The molecule has 0 bridgehead atoms. The molecular formula is C18H26N2O2. The van der Waals surface area contributed by atoms with Crippen LogP contribution in [0.3, 0.4) is 0 Å². The zero-order valence-corrected chi connectivity index (χ0v) is 14.1. The second-order valence-corrected chi connectivity index (χ2v) is 5.79. The molecule has 0 saturated carbocycles. The number of hydrogen-bond donors (Lipinski definition) is 0. The molecule has 0 N–H and O–H groups in total. The quantitative estimate of drug-likeness (QED) is 0.689. The van der Waals surface area contributed by atoms with E-state index in [4.69, 9.17) is 10.00 Å². The fourth-order valence-electron chi connectivity index (χ4n) is 2.11. The van der Waals surface area contributed by atoms with Crippen LogP contribution < -0.4 is 4.74 Å². The van der Waals surface area contributed by atoms with Crippen molar-refractivity contribution < 1.29 is 9.53 Å². The normalized spacial score (nSPS) is 11.6. The van der Waals surface area contributed by atoms with Crippen molar-refractivity contribution in [3.05, 3.63) is 29.3 Å². The highest BCUT2D eigenvalue weighted by Gasteiger charge is 2.14. The van der Waals surface area contributed by atoms with Gasteiger partial charge in [0.1, 0.15) is 5.75 Å². The van der Waals surface area contributed by atoms with Gasteiger partial charge in [0.25, 0.3) is 0 Å². The van der Waals surface area contributed by atoms with E-state index in [1.807, 2.05) is 26.8 Å². The lowest BCUT2D eigenvalue weighted by Gasteiger charge is -2.22. The van der Waals surface area contributed by atoms with Crippen LogP contribution in [0.25, 0.3) is 0 Å². The molecule has 1 aromatic rings. The fourth-order valence-corrected chi connectivity index (χ4v) is 2.11. The second-order valence-electron chi connectivity index (χ2n) is 5.79. The number of nitriles is 1. The first-order valence-corrected chi connectivity index (χ1v) is 7.78. The molecule has 0 radical (unpaired) electrons. The summed E-state index contributed by atoms with van der Waals surface area (Å²) in [5.41, 5.74) is 2.32. The maximum absolute atomic E-state index is 12.0. The summed E-state index contributed by atoms with van der Waals surface area (Å²) in [5.74, 6) is 1.01. The van der Waals surface area contributed by atoms with Crippen molar-refractivity contribution in [1.29, 1.82) is 5.26 Å². The molecule has 1 aromatic carbocycles. The Kier molecular flexibility index (Phi) is 7.45. The van der Waals surface area contributed by atoms with Gasteiger partial charge in [0.15, 0.2) is 0 Å². The Bertz CT molecular complexity index is 534. The molecule has 1 rings (SSSR count). The van der Waals surface area contributed by atoms with Crippen molar-refractivity contribution >= 4 is 5.91 Å². The average Bonchev–Trinajstić information content (AvgIpc) is 2.49. The Morgan fingerprint density at radius 2 is 2.09 bits per heavy atom. The highest BCUT2D eigenvalue weighted by Crippen LogP contribution is 2.19. The van der Waals surface area contributed by atoms with E-state index in [1.54, 1.807) is 11.9 Å². The van der Waals surface area contributed by atoms with Gasteiger partial charge < -0.3 is 9.64 Å². The molecule has 0 heterocycles. The van der Waals surface area contributed by atoms with Crippen LogP contribution in [0.4, 0.5) is 0 Å². The predicted octanol–water partition coefficient (Wildman–Crippen LogP) is 3.61. The van der Waals surface area contributed by atoms with Gasteiger partial charge in [-0.05, 0) is 50.8 Å². The molecule has 4 heteroatoms. The summed E-state index contributed by atoms with van der Waals surface area (Å²) < 4.78 is 5.78. The molecule has 1 unspecified atom stereocenters. The molecule has 0 aromatic heterocycles. The van der Waals surface area contributed by atoms with Crippen LogP contribution in [-0.4, -0.2) is 30.5 Å². The molecule has 120 valence electrons. The first-order valence-electron chi connectivity index (χ1n) is 7.78. The molecule has 4 nitrogen and oxygen atoms in total. The van der Waals surface area contributed by atoms with Crippen LogP contribution in [0.15, 0.2) is 18.2 Å². The number of ether oxygens (including phenoxy) is 1. The lowest BCUT2D eigenvalue weighted by Crippen LogP contribution is -2.34. The van der Waals surface area contributed by atoms with E-state index in [1.165, 1.54) is 5.56 Å². The minimum atomic E-state index is -0.0244. The number of hydrogen-bond acceptors (Lipinski definition) is 3. The summed E-state index contributed by atoms with van der Waals surface area (Å²) in [7, 11) is 1.76. The Hall–Kier alpha value is -2.02. The minimum Gasteiger partial charge on any atom is -0.493 e. The molecule has 0 spiro atoms. The van der Waals surface area contributed by atoms with Crippen molar-refractivity contribution in [2.75, 3.05) is 13.7 Å². The van der Waals surface area contributed by atoms with Gasteiger partial charge in [-0.3, -0.25) is 4.79 Å². The number of nitrogens with zero attached hydrogens (tertiary/aromatic N) is 2. The zero-order valence-electron chi connectivity index (χ0n) is 14.1. The third-order valence-corrected chi connectivity index (χ3v) is 3.83.